The van der Waals surface area contributed by atoms with Crippen LogP contribution in [0.25, 0.3) is 0 Å². The summed E-state index contributed by atoms with van der Waals surface area (Å²) in [5.74, 6) is -1.95. The monoisotopic (exact) mass is 321 g/mol. The summed E-state index contributed by atoms with van der Waals surface area (Å²) in [6, 6.07) is 1.85. The summed E-state index contributed by atoms with van der Waals surface area (Å²) in [4.78, 5) is 11.7. The molecule has 1 atom stereocenters. The maximum atomic E-state index is 13.5. The average Bonchev–Trinajstić information content (AvgIpc) is 2.37. The lowest BCUT2D eigenvalue weighted by Crippen LogP contribution is -2.39. The maximum absolute atomic E-state index is 13.5. The van der Waals surface area contributed by atoms with E-state index in [0.717, 1.165) is 12.1 Å². The van der Waals surface area contributed by atoms with Gasteiger partial charge < -0.3 is 14.8 Å². The van der Waals surface area contributed by atoms with Crippen LogP contribution in [0.4, 0.5) is 14.5 Å². The Balaban J connectivity index is 2.08. The van der Waals surface area contributed by atoms with Crippen molar-refractivity contribution < 1.29 is 23.0 Å². The van der Waals surface area contributed by atoms with Gasteiger partial charge in [0.15, 0.2) is 6.10 Å². The Kier molecular flexibility index (Phi) is 4.26. The minimum atomic E-state index is -0.801. The first-order valence-electron chi connectivity index (χ1n) is 5.22. The van der Waals surface area contributed by atoms with Crippen LogP contribution in [0.15, 0.2) is 16.6 Å². The molecule has 0 aliphatic carbocycles. The summed E-state index contributed by atoms with van der Waals surface area (Å²) in [7, 11) is 0. The van der Waals surface area contributed by atoms with Crippen LogP contribution in [-0.4, -0.2) is 31.8 Å². The first-order chi connectivity index (χ1) is 8.58. The standard InChI is InChI=1S/C11H10BrF2NO3/c12-6-3-8(14)9(4-7(6)13)15-11(16)10-5-17-1-2-18-10/h3-4,10H,1-2,5H2,(H,15,16). The lowest BCUT2D eigenvalue weighted by Gasteiger charge is -2.22. The maximum Gasteiger partial charge on any atom is 0.255 e. The molecule has 98 valence electrons. The van der Waals surface area contributed by atoms with E-state index >= 15 is 0 Å². The van der Waals surface area contributed by atoms with Gasteiger partial charge in [0.2, 0.25) is 0 Å². The van der Waals surface area contributed by atoms with Crippen LogP contribution in [0.1, 0.15) is 0 Å². The van der Waals surface area contributed by atoms with Crippen LogP contribution >= 0.6 is 15.9 Å². The molecule has 1 aromatic rings. The number of anilines is 1. The third-order valence-electron chi connectivity index (χ3n) is 2.38. The van der Waals surface area contributed by atoms with E-state index in [9.17, 15) is 13.6 Å². The molecular weight excluding hydrogens is 312 g/mol. The Morgan fingerprint density at radius 2 is 2.11 bits per heavy atom. The Hall–Kier alpha value is -1.05. The number of amides is 1. The Morgan fingerprint density at radius 1 is 1.33 bits per heavy atom. The van der Waals surface area contributed by atoms with Gasteiger partial charge in [0.1, 0.15) is 11.6 Å². The number of hydrogen-bond donors (Lipinski definition) is 1. The van der Waals surface area contributed by atoms with Crippen molar-refractivity contribution in [3.63, 3.8) is 0 Å². The molecule has 0 bridgehead atoms. The largest absolute Gasteiger partial charge is 0.376 e. The zero-order valence-electron chi connectivity index (χ0n) is 9.21. The predicted octanol–water partition coefficient (Wildman–Crippen LogP) is 2.08. The van der Waals surface area contributed by atoms with Gasteiger partial charge in [0, 0.05) is 6.07 Å². The van der Waals surface area contributed by atoms with E-state index in [0.29, 0.717) is 13.2 Å². The van der Waals surface area contributed by atoms with Crippen molar-refractivity contribution in [3.05, 3.63) is 28.2 Å². The second-order valence-corrected chi connectivity index (χ2v) is 4.52. The smallest absolute Gasteiger partial charge is 0.255 e. The van der Waals surface area contributed by atoms with Crippen molar-refractivity contribution >= 4 is 27.5 Å². The van der Waals surface area contributed by atoms with Gasteiger partial charge in [-0.1, -0.05) is 0 Å². The Morgan fingerprint density at radius 3 is 2.78 bits per heavy atom. The molecule has 0 aromatic heterocycles. The molecule has 1 N–H and O–H groups in total. The highest BCUT2D eigenvalue weighted by molar-refractivity contribution is 9.10. The third-order valence-corrected chi connectivity index (χ3v) is 2.98. The Labute approximate surface area is 110 Å². The SMILES string of the molecule is O=C(Nc1cc(F)c(Br)cc1F)C1COCCO1. The van der Waals surface area contributed by atoms with Crippen molar-refractivity contribution in [1.82, 2.24) is 0 Å². The van der Waals surface area contributed by atoms with E-state index in [1.165, 1.54) is 0 Å². The molecule has 0 spiro atoms. The molecule has 7 heteroatoms. The highest BCUT2D eigenvalue weighted by atomic mass is 79.9. The molecule has 18 heavy (non-hydrogen) atoms. The van der Waals surface area contributed by atoms with Gasteiger partial charge in [-0.05, 0) is 22.0 Å². The fourth-order valence-corrected chi connectivity index (χ4v) is 1.79. The molecule has 1 aromatic carbocycles. The van der Waals surface area contributed by atoms with E-state index < -0.39 is 23.6 Å². The molecule has 1 unspecified atom stereocenters. The molecular formula is C11H10BrF2NO3. The molecule has 1 aliphatic heterocycles. The summed E-state index contributed by atoms with van der Waals surface area (Å²) in [6.45, 7) is 0.826. The normalized spacial score (nSPS) is 19.6. The summed E-state index contributed by atoms with van der Waals surface area (Å²) >= 11 is 2.85. The average molecular weight is 322 g/mol. The zero-order chi connectivity index (χ0) is 13.1. The summed E-state index contributed by atoms with van der Waals surface area (Å²) in [6.07, 6.45) is -0.801. The summed E-state index contributed by atoms with van der Waals surface area (Å²) < 4.78 is 36.9. The summed E-state index contributed by atoms with van der Waals surface area (Å²) in [5, 5.41) is 2.27. The second-order valence-electron chi connectivity index (χ2n) is 3.67. The van der Waals surface area contributed by atoms with Crippen molar-refractivity contribution in [1.29, 1.82) is 0 Å². The molecule has 4 nitrogen and oxygen atoms in total. The third kappa shape index (κ3) is 3.04. The van der Waals surface area contributed by atoms with E-state index in [2.05, 4.69) is 21.2 Å². The van der Waals surface area contributed by atoms with Crippen LogP contribution in [-0.2, 0) is 14.3 Å². The van der Waals surface area contributed by atoms with Crippen LogP contribution in [0, 0.1) is 11.6 Å². The predicted molar refractivity (Wildman–Crippen MR) is 63.2 cm³/mol. The van der Waals surface area contributed by atoms with Gasteiger partial charge in [-0.15, -0.1) is 0 Å². The fourth-order valence-electron chi connectivity index (χ4n) is 1.47. The van der Waals surface area contributed by atoms with Crippen LogP contribution in [0.3, 0.4) is 0 Å². The molecule has 1 saturated heterocycles. The van der Waals surface area contributed by atoms with Crippen LogP contribution in [0.2, 0.25) is 0 Å². The molecule has 1 fully saturated rings. The van der Waals surface area contributed by atoms with E-state index in [1.807, 2.05) is 0 Å². The minimum Gasteiger partial charge on any atom is -0.376 e. The van der Waals surface area contributed by atoms with Crippen LogP contribution in [0.5, 0.6) is 0 Å². The number of benzene rings is 1. The number of carbonyl (C=O) groups excluding carboxylic acids is 1. The number of rotatable bonds is 2. The summed E-state index contributed by atoms with van der Waals surface area (Å²) in [5.41, 5.74) is -0.227. The van der Waals surface area contributed by atoms with Gasteiger partial charge in [-0.25, -0.2) is 8.78 Å². The van der Waals surface area contributed by atoms with Gasteiger partial charge in [0.05, 0.1) is 30.0 Å². The molecule has 0 radical (unpaired) electrons. The zero-order valence-corrected chi connectivity index (χ0v) is 10.8. The highest BCUT2D eigenvalue weighted by Crippen LogP contribution is 2.23. The lowest BCUT2D eigenvalue weighted by atomic mass is 10.2. The van der Waals surface area contributed by atoms with Crippen molar-refractivity contribution in [2.45, 2.75) is 6.10 Å². The number of nitrogens with one attached hydrogen (secondary N) is 1. The second kappa shape index (κ2) is 5.73. The first-order valence-corrected chi connectivity index (χ1v) is 6.02. The van der Waals surface area contributed by atoms with Gasteiger partial charge in [-0.3, -0.25) is 4.79 Å². The van der Waals surface area contributed by atoms with Crippen molar-refractivity contribution in [2.24, 2.45) is 0 Å². The lowest BCUT2D eigenvalue weighted by molar-refractivity contribution is -0.142. The van der Waals surface area contributed by atoms with E-state index in [4.69, 9.17) is 9.47 Å². The number of hydrogen-bond acceptors (Lipinski definition) is 3. The van der Waals surface area contributed by atoms with Crippen molar-refractivity contribution in [2.75, 3.05) is 25.1 Å². The quantitative estimate of drug-likeness (QED) is 0.848. The van der Waals surface area contributed by atoms with Crippen molar-refractivity contribution in [3.8, 4) is 0 Å². The van der Waals surface area contributed by atoms with Gasteiger partial charge in [0.25, 0.3) is 5.91 Å². The van der Waals surface area contributed by atoms with Crippen LogP contribution < -0.4 is 5.32 Å². The number of ether oxygens (including phenoxy) is 2. The fraction of sp³-hybridized carbons (Fsp3) is 0.364. The first kappa shape index (κ1) is 13.4. The van der Waals surface area contributed by atoms with Gasteiger partial charge >= 0.3 is 0 Å². The molecule has 0 saturated carbocycles. The topological polar surface area (TPSA) is 47.6 Å². The van der Waals surface area contributed by atoms with E-state index in [1.54, 1.807) is 0 Å². The molecule has 2 rings (SSSR count). The molecule has 1 amide bonds. The minimum absolute atomic E-state index is 0.00440. The number of carbonyl (C=O) groups is 1. The number of halogens is 3. The van der Waals surface area contributed by atoms with E-state index in [-0.39, 0.29) is 16.8 Å². The Bertz CT molecular complexity index is 464. The molecule has 1 heterocycles. The molecule has 1 aliphatic rings. The van der Waals surface area contributed by atoms with Gasteiger partial charge in [-0.2, -0.15) is 0 Å². The highest BCUT2D eigenvalue weighted by Gasteiger charge is 2.23.